The maximum absolute atomic E-state index is 12.5. The molecule has 1 aromatic rings. The number of rotatable bonds is 3. The molecule has 0 radical (unpaired) electrons. The average molecular weight is 377 g/mol. The van der Waals surface area contributed by atoms with Gasteiger partial charge >= 0.3 is 11.5 Å². The predicted molar refractivity (Wildman–Crippen MR) is 86.9 cm³/mol. The summed E-state index contributed by atoms with van der Waals surface area (Å²) in [5, 5.41) is 14.0. The molecule has 0 aliphatic heterocycles. The monoisotopic (exact) mass is 377 g/mol. The van der Waals surface area contributed by atoms with Crippen LogP contribution in [0.3, 0.4) is 0 Å². The Morgan fingerprint density at radius 3 is 2.12 bits per heavy atom. The fourth-order valence-electron chi connectivity index (χ4n) is 1.59. The van der Waals surface area contributed by atoms with Crippen molar-refractivity contribution in [2.45, 2.75) is 44.1 Å². The number of nitrogens with one attached hydrogen (secondary N) is 3. The van der Waals surface area contributed by atoms with Crippen molar-refractivity contribution in [3.63, 3.8) is 0 Å². The van der Waals surface area contributed by atoms with Gasteiger partial charge in [-0.05, 0) is 36.6 Å². The second-order valence-electron chi connectivity index (χ2n) is 6.44. The zero-order valence-corrected chi connectivity index (χ0v) is 15.0. The van der Waals surface area contributed by atoms with Crippen LogP contribution in [0.5, 0.6) is 0 Å². The van der Waals surface area contributed by atoms with Gasteiger partial charge in [0.25, 0.3) is 16.0 Å². The molecule has 25 heavy (non-hydrogen) atoms. The average Bonchev–Trinajstić information content (AvgIpc) is 2.45. The van der Waals surface area contributed by atoms with Crippen LogP contribution in [0.15, 0.2) is 29.2 Å². The summed E-state index contributed by atoms with van der Waals surface area (Å²) in [4.78, 5) is 2.20. The quantitative estimate of drug-likeness (QED) is 0.320. The molecule has 0 unspecified atom stereocenters. The minimum Gasteiger partial charge on any atom is -0.274 e. The van der Waals surface area contributed by atoms with Gasteiger partial charge in [0.05, 0.1) is 16.6 Å². The number of benzene rings is 1. The molecule has 138 valence electrons. The first-order chi connectivity index (χ1) is 11.3. The Labute approximate surface area is 144 Å². The van der Waals surface area contributed by atoms with Gasteiger partial charge in [0.15, 0.2) is 0 Å². The molecule has 0 amide bonds. The molecule has 0 aliphatic rings. The number of halogens is 3. The van der Waals surface area contributed by atoms with Gasteiger partial charge in [0.2, 0.25) is 0 Å². The van der Waals surface area contributed by atoms with E-state index in [2.05, 4.69) is 15.6 Å². The zero-order valence-electron chi connectivity index (χ0n) is 14.2. The fraction of sp³-hybridized carbons (Fsp3) is 0.467. The van der Waals surface area contributed by atoms with E-state index in [1.165, 1.54) is 12.1 Å². The molecule has 0 aromatic heterocycles. The maximum atomic E-state index is 12.5. The summed E-state index contributed by atoms with van der Waals surface area (Å²) in [7, 11) is -5.39. The van der Waals surface area contributed by atoms with Crippen molar-refractivity contribution in [2.24, 2.45) is 5.41 Å². The lowest BCUT2D eigenvalue weighted by atomic mass is 9.88. The largest absolute Gasteiger partial charge is 0.501 e. The van der Waals surface area contributed by atoms with Crippen molar-refractivity contribution < 1.29 is 26.6 Å². The van der Waals surface area contributed by atoms with Gasteiger partial charge in [-0.1, -0.05) is 20.8 Å². The predicted octanol–water partition coefficient (Wildman–Crippen LogP) is 1.33. The summed E-state index contributed by atoms with van der Waals surface area (Å²) < 4.78 is 60.2. The summed E-state index contributed by atoms with van der Waals surface area (Å²) in [6.07, 6.45) is 1.74. The van der Waals surface area contributed by atoms with E-state index in [-0.39, 0.29) is 17.4 Å². The number of hydrogen-bond acceptors (Lipinski definition) is 3. The summed E-state index contributed by atoms with van der Waals surface area (Å²) in [5.74, 6) is 0.233. The molecule has 0 heterocycles. The summed E-state index contributed by atoms with van der Waals surface area (Å²) in [6, 6.07) is 4.02. The van der Waals surface area contributed by atoms with E-state index >= 15 is 0 Å². The highest BCUT2D eigenvalue weighted by molar-refractivity contribution is 7.92. The van der Waals surface area contributed by atoms with Gasteiger partial charge in [-0.3, -0.25) is 4.99 Å². The minimum atomic E-state index is -5.39. The van der Waals surface area contributed by atoms with E-state index < -0.39 is 20.2 Å². The van der Waals surface area contributed by atoms with Crippen LogP contribution >= 0.6 is 0 Å². The van der Waals surface area contributed by atoms with Crippen molar-refractivity contribution in [3.8, 4) is 6.19 Å². The number of sulfone groups is 1. The van der Waals surface area contributed by atoms with Crippen molar-refractivity contribution in [2.75, 3.05) is 5.32 Å². The van der Waals surface area contributed by atoms with Crippen LogP contribution in [0.2, 0.25) is 0 Å². The van der Waals surface area contributed by atoms with Crippen LogP contribution in [0.25, 0.3) is 0 Å². The Bertz CT molecular complexity index is 773. The molecule has 0 saturated heterocycles. The van der Waals surface area contributed by atoms with Crippen molar-refractivity contribution in [1.29, 1.82) is 5.26 Å². The Balaban J connectivity index is 3.06. The van der Waals surface area contributed by atoms with E-state index in [9.17, 15) is 21.6 Å². The normalized spacial score (nSPS) is 14.6. The van der Waals surface area contributed by atoms with E-state index in [0.717, 1.165) is 12.1 Å². The number of anilines is 1. The molecular formula is C15H20F3N4O2S+. The summed E-state index contributed by atoms with van der Waals surface area (Å²) in [6.45, 7) is 7.88. The second-order valence-corrected chi connectivity index (χ2v) is 8.38. The smallest absolute Gasteiger partial charge is 0.274 e. The van der Waals surface area contributed by atoms with Gasteiger partial charge in [-0.15, -0.1) is 0 Å². The molecule has 3 N–H and O–H groups in total. The molecule has 10 heteroatoms. The number of nitrogens with zero attached hydrogens (tertiary/aromatic N) is 1. The molecular weight excluding hydrogens is 357 g/mol. The van der Waals surface area contributed by atoms with Crippen molar-refractivity contribution in [3.05, 3.63) is 24.3 Å². The molecule has 6 nitrogen and oxygen atoms in total. The third-order valence-corrected chi connectivity index (χ3v) is 5.08. The van der Waals surface area contributed by atoms with Crippen molar-refractivity contribution in [1.82, 2.24) is 5.32 Å². The molecule has 0 fully saturated rings. The van der Waals surface area contributed by atoms with Gasteiger partial charge in [0, 0.05) is 0 Å². The summed E-state index contributed by atoms with van der Waals surface area (Å²) in [5.41, 5.74) is -5.16. The van der Waals surface area contributed by atoms with E-state index in [0.29, 0.717) is 5.69 Å². The van der Waals surface area contributed by atoms with E-state index in [4.69, 9.17) is 5.26 Å². The molecule has 0 saturated carbocycles. The van der Waals surface area contributed by atoms with Crippen LogP contribution in [0.1, 0.15) is 27.7 Å². The Kier molecular flexibility index (Phi) is 6.07. The summed E-state index contributed by atoms with van der Waals surface area (Å²) >= 11 is 0. The van der Waals surface area contributed by atoms with E-state index in [1.807, 2.05) is 27.7 Å². The highest BCUT2D eigenvalue weighted by Gasteiger charge is 2.46. The molecule has 1 aromatic carbocycles. The lowest BCUT2D eigenvalue weighted by Gasteiger charge is -2.22. The molecule has 0 aliphatic carbocycles. The maximum Gasteiger partial charge on any atom is 0.501 e. The first kappa shape index (κ1) is 20.8. The number of nitriles is 1. The molecule has 0 spiro atoms. The molecule has 0 bridgehead atoms. The standard InChI is InChI=1S/C15H19F3N4O2S/c1-10(14(2,3)4)21-13(20-9-19)22-11-5-7-12(8-6-11)25(23,24)15(16,17)18/h5-8,10H,1-4H3,(H2,20,21,22)/p+1/t10-/m1/s1. The van der Waals surface area contributed by atoms with Crippen LogP contribution in [-0.2, 0) is 9.84 Å². The third kappa shape index (κ3) is 5.35. The highest BCUT2D eigenvalue weighted by Crippen LogP contribution is 2.30. The number of guanidine groups is 1. The second kappa shape index (κ2) is 7.31. The minimum absolute atomic E-state index is 0.0410. The van der Waals surface area contributed by atoms with Gasteiger partial charge in [-0.25, -0.2) is 13.7 Å². The van der Waals surface area contributed by atoms with Crippen molar-refractivity contribution >= 4 is 21.5 Å². The lowest BCUT2D eigenvalue weighted by molar-refractivity contribution is -0.518. The van der Waals surface area contributed by atoms with E-state index in [1.54, 1.807) is 6.19 Å². The number of alkyl halides is 3. The van der Waals surface area contributed by atoms with Gasteiger partial charge < -0.3 is 0 Å². The first-order valence-corrected chi connectivity index (χ1v) is 8.74. The molecule has 1 atom stereocenters. The van der Waals surface area contributed by atoms with Crippen LogP contribution < -0.4 is 15.6 Å². The Morgan fingerprint density at radius 1 is 1.20 bits per heavy atom. The zero-order chi connectivity index (χ0) is 19.5. The third-order valence-electron chi connectivity index (χ3n) is 3.58. The van der Waals surface area contributed by atoms with Crippen LogP contribution in [0, 0.1) is 16.9 Å². The van der Waals surface area contributed by atoms with Crippen LogP contribution in [0.4, 0.5) is 18.9 Å². The lowest BCUT2D eigenvalue weighted by Crippen LogP contribution is -2.85. The SMILES string of the molecule is C[C@@H]([NH+]=C(NC#N)Nc1ccc(S(=O)(=O)C(F)(F)F)cc1)C(C)(C)C. The number of hydrogen-bond donors (Lipinski definition) is 3. The van der Waals surface area contributed by atoms with Crippen LogP contribution in [-0.4, -0.2) is 25.9 Å². The Hall–Kier alpha value is -2.28. The van der Waals surface area contributed by atoms with Gasteiger partial charge in [0.1, 0.15) is 0 Å². The molecule has 1 rings (SSSR count). The topological polar surface area (TPSA) is 96.0 Å². The fourth-order valence-corrected chi connectivity index (χ4v) is 2.35. The highest BCUT2D eigenvalue weighted by atomic mass is 32.2. The van der Waals surface area contributed by atoms with Gasteiger partial charge in [-0.2, -0.15) is 23.7 Å². The first-order valence-electron chi connectivity index (χ1n) is 7.26. The Morgan fingerprint density at radius 2 is 1.72 bits per heavy atom.